The van der Waals surface area contributed by atoms with E-state index in [0.29, 0.717) is 11.1 Å². The van der Waals surface area contributed by atoms with E-state index in [1.54, 1.807) is 36.4 Å². The molecule has 0 fully saturated rings. The second kappa shape index (κ2) is 14.0. The van der Waals surface area contributed by atoms with Crippen LogP contribution >= 0.6 is 0 Å². The summed E-state index contributed by atoms with van der Waals surface area (Å²) in [7, 11) is 0. The van der Waals surface area contributed by atoms with Crippen LogP contribution in [0.3, 0.4) is 0 Å². The number of hydrogen-bond acceptors (Lipinski definition) is 2. The number of nitrogens with zero attached hydrogens (tertiary/aromatic N) is 2. The second-order valence-electron chi connectivity index (χ2n) is 15.7. The average Bonchev–Trinajstić information content (AvgIpc) is 3.11. The summed E-state index contributed by atoms with van der Waals surface area (Å²) in [5.74, 6) is -9.22. The van der Waals surface area contributed by atoms with Crippen molar-refractivity contribution in [2.75, 3.05) is 9.80 Å². The molecule has 7 aromatic rings. The third-order valence-electron chi connectivity index (χ3n) is 9.88. The first-order valence-electron chi connectivity index (χ1n) is 17.8. The fraction of sp³-hybridized carbons (Fsp3) is 0.174. The van der Waals surface area contributed by atoms with Crippen molar-refractivity contribution < 1.29 is 35.1 Å². The summed E-state index contributed by atoms with van der Waals surface area (Å²) in [5.41, 5.74) is -3.38. The first-order valence-corrected chi connectivity index (χ1v) is 17.8. The Balaban J connectivity index is 1.82. The van der Waals surface area contributed by atoms with Crippen LogP contribution in [-0.2, 0) is 10.8 Å². The van der Waals surface area contributed by atoms with Gasteiger partial charge in [0.2, 0.25) is 0 Å². The molecule has 0 saturated carbocycles. The maximum atomic E-state index is 16.2. The van der Waals surface area contributed by atoms with Crippen molar-refractivity contribution in [1.29, 1.82) is 0 Å². The zero-order valence-electron chi connectivity index (χ0n) is 31.3. The molecule has 0 aliphatic carbocycles. The van der Waals surface area contributed by atoms with Crippen LogP contribution in [0.5, 0.6) is 0 Å². The molecule has 0 unspecified atom stereocenters. The van der Waals surface area contributed by atoms with Gasteiger partial charge in [0, 0.05) is 21.5 Å². The van der Waals surface area contributed by atoms with E-state index in [9.17, 15) is 0 Å². The first-order chi connectivity index (χ1) is 26.4. The van der Waals surface area contributed by atoms with Gasteiger partial charge >= 0.3 is 0 Å². The molecule has 0 heterocycles. The van der Waals surface area contributed by atoms with Crippen LogP contribution in [0.4, 0.5) is 69.2 Å². The maximum Gasteiger partial charge on any atom is 0.150 e. The Hall–Kier alpha value is -5.90. The molecule has 0 aliphatic heterocycles. The standard InChI is InChI=1S/C46H36F8N2/c1-45(2,3)25-19-21-27-29(23-25)39(55(41-31(47)11-7-12-32(41)48)42-33(49)13-8-14-34(42)50)28-22-20-26(46(4,5)6)24-30(28)40(27)56(43-35(51)15-9-16-36(43)52)44-37(53)17-10-18-38(44)54/h7-24H,1-6H3. The summed E-state index contributed by atoms with van der Waals surface area (Å²) in [6.07, 6.45) is 0. The van der Waals surface area contributed by atoms with Gasteiger partial charge in [-0.25, -0.2) is 35.1 Å². The van der Waals surface area contributed by atoms with Crippen molar-refractivity contribution in [2.24, 2.45) is 0 Å². The van der Waals surface area contributed by atoms with Gasteiger partial charge in [0.05, 0.1) is 11.4 Å². The molecule has 2 nitrogen and oxygen atoms in total. The van der Waals surface area contributed by atoms with E-state index in [2.05, 4.69) is 0 Å². The predicted octanol–water partition coefficient (Wildman–Crippen LogP) is 14.6. The number of anilines is 6. The normalized spacial score (nSPS) is 12.1. The Bertz CT molecular complexity index is 2310. The van der Waals surface area contributed by atoms with Crippen molar-refractivity contribution in [3.05, 3.63) is 167 Å². The van der Waals surface area contributed by atoms with E-state index >= 15 is 35.1 Å². The Morgan fingerprint density at radius 1 is 0.304 bits per heavy atom. The molecule has 0 aliphatic rings. The van der Waals surface area contributed by atoms with Gasteiger partial charge in [-0.15, -0.1) is 0 Å². The summed E-state index contributed by atoms with van der Waals surface area (Å²) >= 11 is 0. The third-order valence-corrected chi connectivity index (χ3v) is 9.88. The molecule has 0 amide bonds. The number of hydrogen-bond donors (Lipinski definition) is 0. The average molecular weight is 769 g/mol. The monoisotopic (exact) mass is 768 g/mol. The van der Waals surface area contributed by atoms with Crippen LogP contribution in [-0.4, -0.2) is 0 Å². The lowest BCUT2D eigenvalue weighted by atomic mass is 9.82. The Morgan fingerprint density at radius 2 is 0.536 bits per heavy atom. The highest BCUT2D eigenvalue weighted by atomic mass is 19.2. The molecule has 286 valence electrons. The van der Waals surface area contributed by atoms with Crippen molar-refractivity contribution in [2.45, 2.75) is 52.4 Å². The molecule has 7 aromatic carbocycles. The number of halogens is 8. The fourth-order valence-corrected chi connectivity index (χ4v) is 7.08. The highest BCUT2D eigenvalue weighted by molar-refractivity contribution is 6.23. The van der Waals surface area contributed by atoms with Gasteiger partial charge in [-0.2, -0.15) is 0 Å². The van der Waals surface area contributed by atoms with E-state index < -0.39 is 80.1 Å². The maximum absolute atomic E-state index is 16.2. The highest BCUT2D eigenvalue weighted by Gasteiger charge is 2.35. The lowest BCUT2D eigenvalue weighted by molar-refractivity contribution is 0.569. The zero-order chi connectivity index (χ0) is 40.4. The Morgan fingerprint density at radius 3 is 0.750 bits per heavy atom. The predicted molar refractivity (Wildman–Crippen MR) is 208 cm³/mol. The fourth-order valence-electron chi connectivity index (χ4n) is 7.08. The molecular weight excluding hydrogens is 733 g/mol. The van der Waals surface area contributed by atoms with E-state index in [0.717, 1.165) is 82.6 Å². The van der Waals surface area contributed by atoms with Gasteiger partial charge in [-0.3, -0.25) is 9.80 Å². The molecule has 0 aromatic heterocycles. The minimum absolute atomic E-state index is 0.0790. The molecule has 0 N–H and O–H groups in total. The van der Waals surface area contributed by atoms with Crippen molar-refractivity contribution >= 4 is 55.7 Å². The molecule has 56 heavy (non-hydrogen) atoms. The van der Waals surface area contributed by atoms with Crippen LogP contribution in [0.2, 0.25) is 0 Å². The third kappa shape index (κ3) is 6.50. The van der Waals surface area contributed by atoms with Crippen molar-refractivity contribution in [1.82, 2.24) is 0 Å². The van der Waals surface area contributed by atoms with Crippen LogP contribution in [0.1, 0.15) is 52.7 Å². The molecule has 7 rings (SSSR count). The number of rotatable bonds is 6. The van der Waals surface area contributed by atoms with E-state index in [-0.39, 0.29) is 32.9 Å². The lowest BCUT2D eigenvalue weighted by Gasteiger charge is -2.34. The van der Waals surface area contributed by atoms with Gasteiger partial charge in [0.25, 0.3) is 0 Å². The zero-order valence-corrected chi connectivity index (χ0v) is 31.3. The summed E-state index contributed by atoms with van der Waals surface area (Å²) in [5, 5.41) is 0.338. The summed E-state index contributed by atoms with van der Waals surface area (Å²) in [4.78, 5) is 1.65. The molecule has 0 radical (unpaired) electrons. The second-order valence-corrected chi connectivity index (χ2v) is 15.7. The van der Waals surface area contributed by atoms with Crippen LogP contribution in [0, 0.1) is 46.5 Å². The molecule has 10 heteroatoms. The Kier molecular flexibility index (Phi) is 9.59. The van der Waals surface area contributed by atoms with Gasteiger partial charge < -0.3 is 0 Å². The molecule has 0 atom stereocenters. The SMILES string of the molecule is CC(C)(C)c1ccc2c(N(c3c(F)cccc3F)c3c(F)cccc3F)c3cc(C(C)(C)C)ccc3c(N(c3c(F)cccc3F)c3c(F)cccc3F)c2c1. The molecule has 0 spiro atoms. The van der Waals surface area contributed by atoms with Crippen LogP contribution < -0.4 is 9.80 Å². The summed E-state index contributed by atoms with van der Waals surface area (Å²) in [6.45, 7) is 11.4. The largest absolute Gasteiger partial charge is 0.299 e. The van der Waals surface area contributed by atoms with E-state index in [1.165, 1.54) is 0 Å². The minimum atomic E-state index is -1.15. The highest BCUT2D eigenvalue weighted by Crippen LogP contribution is 2.54. The van der Waals surface area contributed by atoms with Gasteiger partial charge in [-0.1, -0.05) is 90.1 Å². The number of fused-ring (bicyclic) bond motifs is 2. The molecule has 0 bridgehead atoms. The quantitative estimate of drug-likeness (QED) is 0.0944. The number of para-hydroxylation sites is 4. The van der Waals surface area contributed by atoms with Gasteiger partial charge in [0.1, 0.15) is 69.3 Å². The van der Waals surface area contributed by atoms with Gasteiger partial charge in [-0.05, 0) is 82.6 Å². The lowest BCUT2D eigenvalue weighted by Crippen LogP contribution is -2.21. The van der Waals surface area contributed by atoms with Crippen molar-refractivity contribution in [3.8, 4) is 0 Å². The molecule has 0 saturated heterocycles. The first kappa shape index (κ1) is 38.4. The molecular formula is C46H36F8N2. The smallest absolute Gasteiger partial charge is 0.150 e. The van der Waals surface area contributed by atoms with Crippen LogP contribution in [0.25, 0.3) is 21.5 Å². The van der Waals surface area contributed by atoms with Crippen LogP contribution in [0.15, 0.2) is 109 Å². The Labute approximate surface area is 319 Å². The minimum Gasteiger partial charge on any atom is -0.299 e. The summed E-state index contributed by atoms with van der Waals surface area (Å²) in [6, 6.07) is 21.9. The van der Waals surface area contributed by atoms with E-state index in [1.807, 2.05) is 41.5 Å². The summed E-state index contributed by atoms with van der Waals surface area (Å²) < 4.78 is 129. The topological polar surface area (TPSA) is 6.48 Å². The van der Waals surface area contributed by atoms with E-state index in [4.69, 9.17) is 0 Å². The number of benzene rings is 7. The van der Waals surface area contributed by atoms with Gasteiger partial charge in [0.15, 0.2) is 0 Å². The van der Waals surface area contributed by atoms with Crippen molar-refractivity contribution in [3.63, 3.8) is 0 Å².